The average Bonchev–Trinajstić information content (AvgIpc) is 3.25. The van der Waals surface area contributed by atoms with Crippen molar-refractivity contribution in [3.05, 3.63) is 54.4 Å². The van der Waals surface area contributed by atoms with E-state index in [9.17, 15) is 4.39 Å². The van der Waals surface area contributed by atoms with Crippen LogP contribution in [0.2, 0.25) is 0 Å². The van der Waals surface area contributed by atoms with Gasteiger partial charge < -0.3 is 4.74 Å². The topological polar surface area (TPSA) is 65.7 Å². The van der Waals surface area contributed by atoms with Gasteiger partial charge in [-0.25, -0.2) is 14.1 Å². The predicted molar refractivity (Wildman–Crippen MR) is 80.5 cm³/mol. The quantitative estimate of drug-likeness (QED) is 0.743. The zero-order valence-corrected chi connectivity index (χ0v) is 12.3. The van der Waals surface area contributed by atoms with Crippen LogP contribution < -0.4 is 0 Å². The van der Waals surface area contributed by atoms with Crippen LogP contribution in [-0.2, 0) is 4.74 Å². The normalized spacial score (nSPS) is 17.5. The van der Waals surface area contributed by atoms with Crippen LogP contribution in [0.4, 0.5) is 4.39 Å². The van der Waals surface area contributed by atoms with Gasteiger partial charge in [-0.05, 0) is 30.7 Å². The average molecular weight is 311 g/mol. The van der Waals surface area contributed by atoms with Crippen molar-refractivity contribution in [2.75, 3.05) is 13.2 Å². The largest absolute Gasteiger partial charge is 0.381 e. The van der Waals surface area contributed by atoms with Crippen LogP contribution in [0.15, 0.2) is 42.7 Å². The summed E-state index contributed by atoms with van der Waals surface area (Å²) in [7, 11) is 0. The first kappa shape index (κ1) is 14.0. The van der Waals surface area contributed by atoms with Crippen molar-refractivity contribution >= 4 is 0 Å². The molecule has 1 aromatic carbocycles. The Morgan fingerprint density at radius 3 is 2.91 bits per heavy atom. The van der Waals surface area contributed by atoms with Crippen LogP contribution in [0.5, 0.6) is 0 Å². The number of hydrogen-bond donors (Lipinski definition) is 0. The van der Waals surface area contributed by atoms with Crippen molar-refractivity contribution < 1.29 is 9.13 Å². The van der Waals surface area contributed by atoms with Gasteiger partial charge in [0.25, 0.3) is 0 Å². The molecule has 116 valence electrons. The lowest BCUT2D eigenvalue weighted by molar-refractivity contribution is 0.193. The van der Waals surface area contributed by atoms with Crippen molar-refractivity contribution in [3.63, 3.8) is 0 Å². The van der Waals surface area contributed by atoms with Gasteiger partial charge >= 0.3 is 0 Å². The predicted octanol–water partition coefficient (Wildman–Crippen LogP) is 2.37. The summed E-state index contributed by atoms with van der Waals surface area (Å²) in [5, 5.41) is 12.3. The third kappa shape index (κ3) is 2.70. The lowest BCUT2D eigenvalue weighted by Crippen LogP contribution is -2.03. The molecule has 3 aromatic rings. The van der Waals surface area contributed by atoms with Crippen molar-refractivity contribution in [2.24, 2.45) is 0 Å². The maximum absolute atomic E-state index is 13.6. The van der Waals surface area contributed by atoms with E-state index in [1.807, 2.05) is 6.07 Å². The fourth-order valence-corrected chi connectivity index (χ4v) is 2.64. The third-order valence-electron chi connectivity index (χ3n) is 3.81. The Hall–Kier alpha value is -2.67. The Labute approximate surface area is 132 Å². The van der Waals surface area contributed by atoms with Gasteiger partial charge in [0, 0.05) is 18.1 Å². The van der Waals surface area contributed by atoms with E-state index >= 15 is 0 Å². The second-order valence-corrected chi connectivity index (χ2v) is 5.38. The van der Waals surface area contributed by atoms with E-state index in [1.165, 1.54) is 12.1 Å². The van der Waals surface area contributed by atoms with E-state index < -0.39 is 0 Å². The number of halogens is 1. The molecule has 1 aliphatic heterocycles. The van der Waals surface area contributed by atoms with Crippen LogP contribution in [0.25, 0.3) is 17.1 Å². The van der Waals surface area contributed by atoms with E-state index in [-0.39, 0.29) is 11.7 Å². The standard InChI is InChI=1S/C16H14FN5O/c17-13-2-1-3-14(8-13)22-16(11-4-6-18-19-9-11)20-15(21-22)12-5-7-23-10-12/h1-4,6,8-9,12H,5,7,10H2/t12-/m1/s1. The van der Waals surface area contributed by atoms with E-state index in [1.54, 1.807) is 29.2 Å². The molecule has 0 radical (unpaired) electrons. The third-order valence-corrected chi connectivity index (χ3v) is 3.81. The monoisotopic (exact) mass is 311 g/mol. The first-order chi connectivity index (χ1) is 11.3. The van der Waals surface area contributed by atoms with Crippen LogP contribution in [0.1, 0.15) is 18.2 Å². The van der Waals surface area contributed by atoms with E-state index in [0.717, 1.165) is 12.0 Å². The maximum atomic E-state index is 13.6. The molecule has 1 saturated heterocycles. The first-order valence-electron chi connectivity index (χ1n) is 7.39. The molecule has 0 unspecified atom stereocenters. The molecule has 0 N–H and O–H groups in total. The molecular formula is C16H14FN5O. The molecule has 3 heterocycles. The molecular weight excluding hydrogens is 297 g/mol. The van der Waals surface area contributed by atoms with Gasteiger partial charge in [-0.3, -0.25) is 0 Å². The molecule has 1 fully saturated rings. The van der Waals surface area contributed by atoms with Gasteiger partial charge in [-0.2, -0.15) is 15.3 Å². The molecule has 23 heavy (non-hydrogen) atoms. The lowest BCUT2D eigenvalue weighted by Gasteiger charge is -2.05. The van der Waals surface area contributed by atoms with Crippen LogP contribution in [0.3, 0.4) is 0 Å². The molecule has 0 spiro atoms. The number of benzene rings is 1. The van der Waals surface area contributed by atoms with Crippen LogP contribution >= 0.6 is 0 Å². The highest BCUT2D eigenvalue weighted by Gasteiger charge is 2.24. The SMILES string of the molecule is Fc1cccc(-n2nc([C@@H]3CCOC3)nc2-c2ccnnc2)c1. The summed E-state index contributed by atoms with van der Waals surface area (Å²) in [6, 6.07) is 8.09. The molecule has 0 bridgehead atoms. The van der Waals surface area contributed by atoms with E-state index in [0.29, 0.717) is 30.5 Å². The molecule has 0 aliphatic carbocycles. The van der Waals surface area contributed by atoms with Gasteiger partial charge in [0.05, 0.1) is 24.7 Å². The number of ether oxygens (including phenoxy) is 1. The van der Waals surface area contributed by atoms with E-state index in [4.69, 9.17) is 4.74 Å². The Morgan fingerprint density at radius 2 is 2.17 bits per heavy atom. The number of rotatable bonds is 3. The zero-order chi connectivity index (χ0) is 15.6. The number of nitrogens with zero attached hydrogens (tertiary/aromatic N) is 5. The Bertz CT molecular complexity index is 814. The summed E-state index contributed by atoms with van der Waals surface area (Å²) in [6.45, 7) is 1.33. The second kappa shape index (κ2) is 5.85. The minimum absolute atomic E-state index is 0.165. The minimum Gasteiger partial charge on any atom is -0.381 e. The smallest absolute Gasteiger partial charge is 0.165 e. The second-order valence-electron chi connectivity index (χ2n) is 5.38. The molecule has 7 heteroatoms. The summed E-state index contributed by atoms with van der Waals surface area (Å²) in [5.74, 6) is 1.17. The first-order valence-corrected chi connectivity index (χ1v) is 7.39. The molecule has 2 aromatic heterocycles. The Kier molecular flexibility index (Phi) is 3.55. The fourth-order valence-electron chi connectivity index (χ4n) is 2.64. The summed E-state index contributed by atoms with van der Waals surface area (Å²) in [6.07, 6.45) is 4.11. The summed E-state index contributed by atoms with van der Waals surface area (Å²) < 4.78 is 20.7. The highest BCUT2D eigenvalue weighted by atomic mass is 19.1. The van der Waals surface area contributed by atoms with Crippen molar-refractivity contribution in [3.8, 4) is 17.1 Å². The molecule has 0 amide bonds. The van der Waals surface area contributed by atoms with Gasteiger partial charge in [-0.15, -0.1) is 0 Å². The molecule has 6 nitrogen and oxygen atoms in total. The van der Waals surface area contributed by atoms with Gasteiger partial charge in [0.1, 0.15) is 5.82 Å². The van der Waals surface area contributed by atoms with Gasteiger partial charge in [0.2, 0.25) is 0 Å². The summed E-state index contributed by atoms with van der Waals surface area (Å²) in [5.41, 5.74) is 1.40. The highest BCUT2D eigenvalue weighted by molar-refractivity contribution is 5.56. The Morgan fingerprint density at radius 1 is 1.22 bits per heavy atom. The van der Waals surface area contributed by atoms with Crippen LogP contribution in [0, 0.1) is 5.82 Å². The summed E-state index contributed by atoms with van der Waals surface area (Å²) in [4.78, 5) is 4.65. The van der Waals surface area contributed by atoms with E-state index in [2.05, 4.69) is 20.3 Å². The number of hydrogen-bond acceptors (Lipinski definition) is 5. The van der Waals surface area contributed by atoms with Crippen LogP contribution in [-0.4, -0.2) is 38.2 Å². The molecule has 0 saturated carbocycles. The Balaban J connectivity index is 1.85. The lowest BCUT2D eigenvalue weighted by atomic mass is 10.1. The minimum atomic E-state index is -0.317. The van der Waals surface area contributed by atoms with Crippen molar-refractivity contribution in [2.45, 2.75) is 12.3 Å². The summed E-state index contributed by atoms with van der Waals surface area (Å²) >= 11 is 0. The van der Waals surface area contributed by atoms with Gasteiger partial charge in [-0.1, -0.05) is 6.07 Å². The molecule has 4 rings (SSSR count). The fraction of sp³-hybridized carbons (Fsp3) is 0.250. The van der Waals surface area contributed by atoms with Crippen molar-refractivity contribution in [1.82, 2.24) is 25.0 Å². The van der Waals surface area contributed by atoms with Gasteiger partial charge in [0.15, 0.2) is 11.6 Å². The molecule has 1 atom stereocenters. The highest BCUT2D eigenvalue weighted by Crippen LogP contribution is 2.27. The number of aromatic nitrogens is 5. The maximum Gasteiger partial charge on any atom is 0.165 e. The van der Waals surface area contributed by atoms with Crippen molar-refractivity contribution in [1.29, 1.82) is 0 Å². The zero-order valence-electron chi connectivity index (χ0n) is 12.3. The molecule has 1 aliphatic rings.